The Hall–Kier alpha value is -4.66. The number of halogens is 3. The van der Waals surface area contributed by atoms with Gasteiger partial charge >= 0.3 is 6.18 Å². The Labute approximate surface area is 247 Å². The van der Waals surface area contributed by atoms with Crippen molar-refractivity contribution >= 4 is 17.5 Å². The van der Waals surface area contributed by atoms with Crippen molar-refractivity contribution in [3.63, 3.8) is 0 Å². The number of nitrogens with zero attached hydrogens (tertiary/aromatic N) is 7. The third-order valence-electron chi connectivity index (χ3n) is 7.62. The monoisotopic (exact) mass is 591 g/mol. The van der Waals surface area contributed by atoms with E-state index in [0.29, 0.717) is 55.9 Å². The lowest BCUT2D eigenvalue weighted by molar-refractivity contribution is -0.141. The Morgan fingerprint density at radius 1 is 1.09 bits per heavy atom. The van der Waals surface area contributed by atoms with Gasteiger partial charge in [-0.3, -0.25) is 23.7 Å². The molecule has 0 spiro atoms. The molecule has 4 aromatic rings. The number of carbonyl (C=O) groups excluding carboxylic acids is 2. The summed E-state index contributed by atoms with van der Waals surface area (Å²) in [5, 5.41) is 3.66. The van der Waals surface area contributed by atoms with Crippen LogP contribution in [0.5, 0.6) is 0 Å². The summed E-state index contributed by atoms with van der Waals surface area (Å²) in [6.07, 6.45) is 9.07. The molecule has 1 aliphatic rings. The van der Waals surface area contributed by atoms with E-state index in [1.54, 1.807) is 21.6 Å². The minimum absolute atomic E-state index is 0.0753. The van der Waals surface area contributed by atoms with Crippen molar-refractivity contribution in [1.82, 2.24) is 33.9 Å². The van der Waals surface area contributed by atoms with E-state index in [-0.39, 0.29) is 29.6 Å². The van der Waals surface area contributed by atoms with Crippen molar-refractivity contribution in [1.29, 1.82) is 0 Å². The standard InChI is InChI=1S/C31H32F3N7O2/c1-4-6-7-27(42)38-13-15-39(16-14-38)30(43)23-9-8-22(17-21(23)3)18-25-29-36-19-26(41(29)12-10-35-25)24-20-40(11-5-2)37-28(24)31(32,33)34/h2,8-10,12,17,19-20H,4,6-7,11,13-16,18H2,1,3H3. The van der Waals surface area contributed by atoms with Crippen molar-refractivity contribution in [2.45, 2.75) is 52.3 Å². The highest BCUT2D eigenvalue weighted by atomic mass is 19.4. The number of terminal acetylenes is 1. The number of imidazole rings is 1. The fourth-order valence-corrected chi connectivity index (χ4v) is 5.37. The topological polar surface area (TPSA) is 88.6 Å². The average molecular weight is 592 g/mol. The van der Waals surface area contributed by atoms with Crippen LogP contribution in [0.2, 0.25) is 0 Å². The number of fused-ring (bicyclic) bond motifs is 1. The van der Waals surface area contributed by atoms with E-state index in [2.05, 4.69) is 27.9 Å². The van der Waals surface area contributed by atoms with E-state index in [1.165, 1.54) is 18.6 Å². The first-order valence-electron chi connectivity index (χ1n) is 14.2. The summed E-state index contributed by atoms with van der Waals surface area (Å²) < 4.78 is 44.0. The van der Waals surface area contributed by atoms with Crippen LogP contribution in [-0.4, -0.2) is 71.9 Å². The molecule has 12 heteroatoms. The van der Waals surface area contributed by atoms with Crippen molar-refractivity contribution in [3.05, 3.63) is 71.1 Å². The second-order valence-electron chi connectivity index (χ2n) is 10.6. The molecule has 0 unspecified atom stereocenters. The molecule has 4 heterocycles. The number of aromatic nitrogens is 5. The Kier molecular flexibility index (Phi) is 8.52. The molecular weight excluding hydrogens is 559 g/mol. The summed E-state index contributed by atoms with van der Waals surface area (Å²) in [5.41, 5.74) is 2.31. The zero-order chi connectivity index (χ0) is 30.7. The van der Waals surface area contributed by atoms with E-state index in [9.17, 15) is 22.8 Å². The second-order valence-corrected chi connectivity index (χ2v) is 10.6. The van der Waals surface area contributed by atoms with Gasteiger partial charge in [0.15, 0.2) is 11.3 Å². The number of piperazine rings is 1. The van der Waals surface area contributed by atoms with Gasteiger partial charge in [-0.1, -0.05) is 31.4 Å². The maximum atomic E-state index is 13.8. The maximum absolute atomic E-state index is 13.8. The highest BCUT2D eigenvalue weighted by Crippen LogP contribution is 2.36. The van der Waals surface area contributed by atoms with Gasteiger partial charge in [0.25, 0.3) is 5.91 Å². The number of carbonyl (C=O) groups is 2. The lowest BCUT2D eigenvalue weighted by atomic mass is 10.0. The highest BCUT2D eigenvalue weighted by Gasteiger charge is 2.38. The number of rotatable bonds is 8. The molecule has 9 nitrogen and oxygen atoms in total. The molecule has 0 bridgehead atoms. The molecule has 1 fully saturated rings. The Morgan fingerprint density at radius 3 is 2.51 bits per heavy atom. The van der Waals surface area contributed by atoms with Crippen LogP contribution < -0.4 is 0 Å². The zero-order valence-corrected chi connectivity index (χ0v) is 24.1. The minimum atomic E-state index is -4.68. The third-order valence-corrected chi connectivity index (χ3v) is 7.62. The van der Waals surface area contributed by atoms with Gasteiger partial charge in [0, 0.05) is 63.2 Å². The number of hydrogen-bond donors (Lipinski definition) is 0. The first kappa shape index (κ1) is 29.8. The zero-order valence-electron chi connectivity index (χ0n) is 24.1. The summed E-state index contributed by atoms with van der Waals surface area (Å²) in [6, 6.07) is 5.56. The first-order chi connectivity index (χ1) is 20.6. The minimum Gasteiger partial charge on any atom is -0.339 e. The van der Waals surface area contributed by atoms with Gasteiger partial charge in [-0.05, 0) is 30.5 Å². The highest BCUT2D eigenvalue weighted by molar-refractivity contribution is 5.96. The normalized spacial score (nSPS) is 13.9. The van der Waals surface area contributed by atoms with Gasteiger partial charge in [-0.15, -0.1) is 6.42 Å². The van der Waals surface area contributed by atoms with E-state index >= 15 is 0 Å². The molecule has 224 valence electrons. The van der Waals surface area contributed by atoms with Crippen LogP contribution in [0, 0.1) is 19.3 Å². The lowest BCUT2D eigenvalue weighted by Gasteiger charge is -2.35. The smallest absolute Gasteiger partial charge is 0.339 e. The van der Waals surface area contributed by atoms with Gasteiger partial charge in [0.2, 0.25) is 5.91 Å². The molecular formula is C31H32F3N7O2. The van der Waals surface area contributed by atoms with Crippen LogP contribution in [0.15, 0.2) is 43.0 Å². The van der Waals surface area contributed by atoms with Gasteiger partial charge in [-0.2, -0.15) is 18.3 Å². The van der Waals surface area contributed by atoms with Crippen molar-refractivity contribution < 1.29 is 22.8 Å². The molecule has 3 aromatic heterocycles. The Balaban J connectivity index is 1.33. The summed E-state index contributed by atoms with van der Waals surface area (Å²) in [4.78, 5) is 38.1. The Morgan fingerprint density at radius 2 is 1.84 bits per heavy atom. The molecule has 0 N–H and O–H groups in total. The van der Waals surface area contributed by atoms with Gasteiger partial charge in [0.1, 0.15) is 6.54 Å². The number of aryl methyl sites for hydroxylation is 1. The summed E-state index contributed by atoms with van der Waals surface area (Å²) in [5.74, 6) is 2.37. The van der Waals surface area contributed by atoms with E-state index in [1.807, 2.05) is 24.0 Å². The molecule has 0 atom stereocenters. The van der Waals surface area contributed by atoms with Crippen LogP contribution in [0.4, 0.5) is 13.2 Å². The fraction of sp³-hybridized carbons (Fsp3) is 0.387. The number of alkyl halides is 3. The number of amides is 2. The number of unbranched alkanes of at least 4 members (excludes halogenated alkanes) is 1. The molecule has 5 rings (SSSR count). The number of hydrogen-bond acceptors (Lipinski definition) is 5. The van der Waals surface area contributed by atoms with Crippen LogP contribution >= 0.6 is 0 Å². The van der Waals surface area contributed by atoms with Crippen molar-refractivity contribution in [2.75, 3.05) is 26.2 Å². The molecule has 0 aliphatic carbocycles. The maximum Gasteiger partial charge on any atom is 0.435 e. The largest absolute Gasteiger partial charge is 0.435 e. The summed E-state index contributed by atoms with van der Waals surface area (Å²) in [7, 11) is 0. The van der Waals surface area contributed by atoms with Gasteiger partial charge in [0.05, 0.1) is 23.1 Å². The van der Waals surface area contributed by atoms with E-state index in [4.69, 9.17) is 6.42 Å². The summed E-state index contributed by atoms with van der Waals surface area (Å²) in [6.45, 7) is 5.87. The molecule has 1 saturated heterocycles. The predicted molar refractivity (Wildman–Crippen MR) is 154 cm³/mol. The van der Waals surface area contributed by atoms with Crippen LogP contribution in [0.25, 0.3) is 16.9 Å². The third kappa shape index (κ3) is 6.26. The average Bonchev–Trinajstić information content (AvgIpc) is 3.61. The van der Waals surface area contributed by atoms with Gasteiger partial charge in [-0.25, -0.2) is 4.98 Å². The van der Waals surface area contributed by atoms with Crippen molar-refractivity contribution in [2.24, 2.45) is 0 Å². The summed E-state index contributed by atoms with van der Waals surface area (Å²) >= 11 is 0. The van der Waals surface area contributed by atoms with Crippen LogP contribution in [0.3, 0.4) is 0 Å². The predicted octanol–water partition coefficient (Wildman–Crippen LogP) is 4.62. The first-order valence-corrected chi connectivity index (χ1v) is 14.2. The van der Waals surface area contributed by atoms with Crippen molar-refractivity contribution in [3.8, 4) is 23.6 Å². The number of benzene rings is 1. The lowest BCUT2D eigenvalue weighted by Crippen LogP contribution is -2.50. The van der Waals surface area contributed by atoms with Crippen LogP contribution in [0.1, 0.15) is 59.1 Å². The van der Waals surface area contributed by atoms with E-state index < -0.39 is 11.9 Å². The molecule has 43 heavy (non-hydrogen) atoms. The molecule has 0 radical (unpaired) electrons. The fourth-order valence-electron chi connectivity index (χ4n) is 5.37. The molecule has 1 aromatic carbocycles. The quantitative estimate of drug-likeness (QED) is 0.279. The van der Waals surface area contributed by atoms with Crippen LogP contribution in [-0.2, 0) is 23.9 Å². The molecule has 2 amide bonds. The SMILES string of the molecule is C#CCn1cc(-c2cnc3c(Cc4ccc(C(=O)N5CCN(C(=O)CCCC)CC5)c(C)c4)nccn23)c(C(F)(F)F)n1. The molecule has 0 saturated carbocycles. The van der Waals surface area contributed by atoms with E-state index in [0.717, 1.165) is 28.7 Å². The second kappa shape index (κ2) is 12.3. The Bertz CT molecular complexity index is 1690. The van der Waals surface area contributed by atoms with Gasteiger partial charge < -0.3 is 9.80 Å². The molecule has 1 aliphatic heterocycles.